The quantitative estimate of drug-likeness (QED) is 0.432. The number of anilines is 1. The number of hydrogen-bond donors (Lipinski definition) is 1. The highest BCUT2D eigenvalue weighted by Gasteiger charge is 2.14. The van der Waals surface area contributed by atoms with Gasteiger partial charge in [-0.3, -0.25) is 4.79 Å². The Bertz CT molecular complexity index is 1250. The first kappa shape index (κ1) is 20.4. The largest absolute Gasteiger partial charge is 0.322 e. The highest BCUT2D eigenvalue weighted by atomic mass is 35.5. The molecule has 152 valence electrons. The maximum atomic E-state index is 12.9. The number of aryl methyl sites for hydroxylation is 3. The molecule has 4 aromatic rings. The predicted molar refractivity (Wildman–Crippen MR) is 120 cm³/mol. The lowest BCUT2D eigenvalue weighted by Gasteiger charge is -2.11. The number of nitrogens with zero attached hydrogens (tertiary/aromatic N) is 4. The molecule has 0 aliphatic heterocycles. The molecule has 0 unspecified atom stereocenters. The Balaban J connectivity index is 1.53. The normalized spacial score (nSPS) is 11.1. The average molecular weight is 438 g/mol. The molecule has 6 nitrogen and oxygen atoms in total. The zero-order valence-corrected chi connectivity index (χ0v) is 18.4. The van der Waals surface area contributed by atoms with E-state index in [9.17, 15) is 4.79 Å². The van der Waals surface area contributed by atoms with Crippen LogP contribution in [0, 0.1) is 20.8 Å². The number of carbonyl (C=O) groups excluding carboxylic acids is 1. The van der Waals surface area contributed by atoms with Gasteiger partial charge in [-0.1, -0.05) is 41.6 Å². The van der Waals surface area contributed by atoms with Crippen molar-refractivity contribution >= 4 is 40.7 Å². The zero-order chi connectivity index (χ0) is 21.3. The number of carbonyl (C=O) groups is 1. The van der Waals surface area contributed by atoms with Crippen molar-refractivity contribution in [2.45, 2.75) is 31.7 Å². The Morgan fingerprint density at radius 3 is 2.70 bits per heavy atom. The zero-order valence-electron chi connectivity index (χ0n) is 16.8. The van der Waals surface area contributed by atoms with E-state index in [0.29, 0.717) is 27.3 Å². The fraction of sp³-hybridized carbons (Fsp3) is 0.182. The minimum absolute atomic E-state index is 0.160. The molecule has 0 aliphatic rings. The molecule has 2 aromatic heterocycles. The molecule has 0 atom stereocenters. The van der Waals surface area contributed by atoms with Crippen LogP contribution in [-0.2, 0) is 5.75 Å². The van der Waals surface area contributed by atoms with E-state index in [-0.39, 0.29) is 5.91 Å². The predicted octanol–water partition coefficient (Wildman–Crippen LogP) is 5.25. The monoisotopic (exact) mass is 437 g/mol. The van der Waals surface area contributed by atoms with Gasteiger partial charge in [0.2, 0.25) is 5.16 Å². The molecule has 0 fully saturated rings. The second kappa shape index (κ2) is 8.45. The van der Waals surface area contributed by atoms with Gasteiger partial charge >= 0.3 is 0 Å². The summed E-state index contributed by atoms with van der Waals surface area (Å²) < 4.78 is 1.73. The summed E-state index contributed by atoms with van der Waals surface area (Å²) in [7, 11) is 0. The van der Waals surface area contributed by atoms with Crippen LogP contribution < -0.4 is 5.32 Å². The summed E-state index contributed by atoms with van der Waals surface area (Å²) in [5.74, 6) is 0.991. The molecule has 0 aliphatic carbocycles. The van der Waals surface area contributed by atoms with Crippen LogP contribution in [0.3, 0.4) is 0 Å². The second-order valence-corrected chi connectivity index (χ2v) is 8.38. The van der Waals surface area contributed by atoms with Crippen molar-refractivity contribution in [3.63, 3.8) is 0 Å². The molecule has 2 aromatic carbocycles. The van der Waals surface area contributed by atoms with E-state index < -0.39 is 0 Å². The summed E-state index contributed by atoms with van der Waals surface area (Å²) in [4.78, 5) is 21.8. The molecule has 1 N–H and O–H groups in total. The highest BCUT2D eigenvalue weighted by molar-refractivity contribution is 7.98. The van der Waals surface area contributed by atoms with E-state index in [4.69, 9.17) is 11.6 Å². The molecule has 8 heteroatoms. The number of fused-ring (bicyclic) bond motifs is 1. The van der Waals surface area contributed by atoms with Gasteiger partial charge in [-0.05, 0) is 62.2 Å². The van der Waals surface area contributed by atoms with Crippen molar-refractivity contribution < 1.29 is 4.79 Å². The standard InChI is InChI=1S/C22H20ClN5OS/c1-13-10-17(23)8-9-19(13)25-20(29)18-7-5-4-6-16(18)12-30-22-26-21-24-14(2)11-15(3)28(21)27-22/h4-11H,12H2,1-3H3,(H,25,29). The molecule has 0 radical (unpaired) electrons. The molecule has 1 amide bonds. The molecule has 4 rings (SSSR count). The lowest BCUT2D eigenvalue weighted by atomic mass is 10.1. The highest BCUT2D eigenvalue weighted by Crippen LogP contribution is 2.25. The van der Waals surface area contributed by atoms with Gasteiger partial charge in [0.25, 0.3) is 11.7 Å². The number of thioether (sulfide) groups is 1. The van der Waals surface area contributed by atoms with E-state index in [2.05, 4.69) is 20.4 Å². The van der Waals surface area contributed by atoms with Gasteiger partial charge < -0.3 is 5.32 Å². The van der Waals surface area contributed by atoms with Crippen molar-refractivity contribution in [3.8, 4) is 0 Å². The van der Waals surface area contributed by atoms with Crippen LogP contribution in [0.15, 0.2) is 53.7 Å². The molecule has 2 heterocycles. The van der Waals surface area contributed by atoms with Crippen molar-refractivity contribution in [2.24, 2.45) is 0 Å². The van der Waals surface area contributed by atoms with Gasteiger partial charge in [0.15, 0.2) is 0 Å². The molecule has 0 bridgehead atoms. The molecular weight excluding hydrogens is 418 g/mol. The molecule has 30 heavy (non-hydrogen) atoms. The average Bonchev–Trinajstić information content (AvgIpc) is 3.12. The van der Waals surface area contributed by atoms with Crippen molar-refractivity contribution in [2.75, 3.05) is 5.32 Å². The summed E-state index contributed by atoms with van der Waals surface area (Å²) in [5.41, 5.74) is 5.07. The third-order valence-corrected chi connectivity index (χ3v) is 5.78. The van der Waals surface area contributed by atoms with Crippen LogP contribution in [0.1, 0.15) is 32.9 Å². The third-order valence-electron chi connectivity index (χ3n) is 4.65. The number of aromatic nitrogens is 4. The summed E-state index contributed by atoms with van der Waals surface area (Å²) in [6.07, 6.45) is 0. The van der Waals surface area contributed by atoms with E-state index in [1.54, 1.807) is 10.6 Å². The first-order chi connectivity index (χ1) is 14.4. The minimum Gasteiger partial charge on any atom is -0.322 e. The van der Waals surface area contributed by atoms with Gasteiger partial charge in [-0.2, -0.15) is 4.98 Å². The smallest absolute Gasteiger partial charge is 0.255 e. The molecular formula is C22H20ClN5OS. The number of rotatable bonds is 5. The molecule has 0 spiro atoms. The van der Waals surface area contributed by atoms with Gasteiger partial charge in [0.1, 0.15) is 0 Å². The van der Waals surface area contributed by atoms with Gasteiger partial charge in [0.05, 0.1) is 0 Å². The number of halogens is 1. The van der Waals surface area contributed by atoms with E-state index in [1.807, 2.05) is 63.2 Å². The van der Waals surface area contributed by atoms with Gasteiger partial charge in [-0.25, -0.2) is 9.50 Å². The van der Waals surface area contributed by atoms with E-state index in [0.717, 1.165) is 28.2 Å². The Morgan fingerprint density at radius 2 is 1.90 bits per heavy atom. The van der Waals surface area contributed by atoms with Crippen molar-refractivity contribution in [1.82, 2.24) is 19.6 Å². The van der Waals surface area contributed by atoms with Crippen LogP contribution in [-0.4, -0.2) is 25.5 Å². The number of nitrogens with one attached hydrogen (secondary N) is 1. The van der Waals surface area contributed by atoms with Crippen LogP contribution in [0.5, 0.6) is 0 Å². The Morgan fingerprint density at radius 1 is 1.10 bits per heavy atom. The van der Waals surface area contributed by atoms with Crippen LogP contribution in [0.2, 0.25) is 5.02 Å². The van der Waals surface area contributed by atoms with Gasteiger partial charge in [0, 0.05) is 33.4 Å². The molecule has 0 saturated heterocycles. The Kier molecular flexibility index (Phi) is 5.74. The number of hydrogen-bond acceptors (Lipinski definition) is 5. The Labute approximate surface area is 183 Å². The Hall–Kier alpha value is -2.90. The summed E-state index contributed by atoms with van der Waals surface area (Å²) in [6, 6.07) is 14.9. The van der Waals surface area contributed by atoms with E-state index in [1.165, 1.54) is 11.8 Å². The summed E-state index contributed by atoms with van der Waals surface area (Å²) in [5, 5.41) is 8.76. The fourth-order valence-electron chi connectivity index (χ4n) is 3.18. The first-order valence-electron chi connectivity index (χ1n) is 9.40. The van der Waals surface area contributed by atoms with Crippen LogP contribution in [0.4, 0.5) is 5.69 Å². The maximum Gasteiger partial charge on any atom is 0.255 e. The maximum absolute atomic E-state index is 12.9. The minimum atomic E-state index is -0.160. The number of amides is 1. The SMILES string of the molecule is Cc1cc(C)n2nc(SCc3ccccc3C(=O)Nc3ccc(Cl)cc3C)nc2n1. The van der Waals surface area contributed by atoms with Crippen LogP contribution >= 0.6 is 23.4 Å². The molecule has 0 saturated carbocycles. The number of benzene rings is 2. The summed E-state index contributed by atoms with van der Waals surface area (Å²) in [6.45, 7) is 5.82. The van der Waals surface area contributed by atoms with Crippen LogP contribution in [0.25, 0.3) is 5.78 Å². The second-order valence-electron chi connectivity index (χ2n) is 7.00. The van der Waals surface area contributed by atoms with Crippen molar-refractivity contribution in [1.29, 1.82) is 0 Å². The van der Waals surface area contributed by atoms with Crippen molar-refractivity contribution in [3.05, 3.63) is 81.6 Å². The fourth-order valence-corrected chi connectivity index (χ4v) is 4.22. The summed E-state index contributed by atoms with van der Waals surface area (Å²) >= 11 is 7.49. The van der Waals surface area contributed by atoms with Gasteiger partial charge in [-0.15, -0.1) is 5.10 Å². The third kappa shape index (κ3) is 4.32. The lowest BCUT2D eigenvalue weighted by Crippen LogP contribution is -2.14. The lowest BCUT2D eigenvalue weighted by molar-refractivity contribution is 0.102. The first-order valence-corrected chi connectivity index (χ1v) is 10.8. The van der Waals surface area contributed by atoms with E-state index >= 15 is 0 Å². The topological polar surface area (TPSA) is 72.2 Å².